The van der Waals surface area contributed by atoms with E-state index in [2.05, 4.69) is 5.32 Å². The summed E-state index contributed by atoms with van der Waals surface area (Å²) in [4.78, 5) is 12.0. The van der Waals surface area contributed by atoms with Gasteiger partial charge in [0.05, 0.1) is 0 Å². The molecule has 2 rings (SSSR count). The van der Waals surface area contributed by atoms with Crippen LogP contribution in [0.25, 0.3) is 0 Å². The molecule has 0 aliphatic heterocycles. The van der Waals surface area contributed by atoms with Gasteiger partial charge >= 0.3 is 0 Å². The summed E-state index contributed by atoms with van der Waals surface area (Å²) in [5.41, 5.74) is 6.50. The van der Waals surface area contributed by atoms with E-state index in [-0.39, 0.29) is 18.1 Å². The maximum Gasteiger partial charge on any atom is 0.226 e. The Morgan fingerprint density at radius 2 is 2.20 bits per heavy atom. The monoisotopic (exact) mass is 273 g/mol. The summed E-state index contributed by atoms with van der Waals surface area (Å²) in [6, 6.07) is 8.91. The van der Waals surface area contributed by atoms with Gasteiger partial charge in [0, 0.05) is 23.7 Å². The molecule has 0 aromatic heterocycles. The van der Waals surface area contributed by atoms with Crippen LogP contribution in [-0.2, 0) is 4.79 Å². The predicted octanol–water partition coefficient (Wildman–Crippen LogP) is 2.19. The highest BCUT2D eigenvalue weighted by molar-refractivity contribution is 5.91. The first-order chi connectivity index (χ1) is 9.61. The molecule has 0 radical (unpaired) electrons. The number of anilines is 1. The van der Waals surface area contributed by atoms with Crippen LogP contribution < -0.4 is 15.8 Å². The largest absolute Gasteiger partial charge is 0.479 e. The Bertz CT molecular complexity index is 516. The molecular weight excluding hydrogens is 254 g/mol. The Morgan fingerprint density at radius 3 is 2.90 bits per heavy atom. The van der Waals surface area contributed by atoms with Gasteiger partial charge in [-0.25, -0.2) is 0 Å². The average molecular weight is 273 g/mol. The quantitative estimate of drug-likeness (QED) is 0.860. The third-order valence-electron chi connectivity index (χ3n) is 3.53. The minimum atomic E-state index is -0.348. The van der Waals surface area contributed by atoms with Crippen molar-refractivity contribution in [2.45, 2.75) is 37.6 Å². The van der Waals surface area contributed by atoms with Crippen molar-refractivity contribution in [1.29, 1.82) is 5.26 Å². The third-order valence-corrected chi connectivity index (χ3v) is 3.53. The van der Waals surface area contributed by atoms with Gasteiger partial charge < -0.3 is 15.8 Å². The van der Waals surface area contributed by atoms with Crippen LogP contribution in [0.5, 0.6) is 5.75 Å². The van der Waals surface area contributed by atoms with E-state index in [0.717, 1.165) is 25.7 Å². The van der Waals surface area contributed by atoms with Crippen LogP contribution in [0, 0.1) is 11.3 Å². The second kappa shape index (κ2) is 6.40. The third kappa shape index (κ3) is 3.97. The van der Waals surface area contributed by atoms with E-state index < -0.39 is 0 Å². The van der Waals surface area contributed by atoms with Crippen LogP contribution in [0.4, 0.5) is 5.69 Å². The smallest absolute Gasteiger partial charge is 0.226 e. The number of hydrogen-bond donors (Lipinski definition) is 2. The average Bonchev–Trinajstić information content (AvgIpc) is 2.83. The molecule has 1 fully saturated rings. The van der Waals surface area contributed by atoms with Crippen molar-refractivity contribution in [1.82, 2.24) is 0 Å². The standard InChI is InChI=1S/C15H19N3O2/c16-8-9-20-13-5-3-4-12(10-13)18-14(19)11-15(17)6-1-2-7-15/h3-5,10H,1-2,6-7,9,11,17H2,(H,18,19). The molecule has 5 heteroatoms. The van der Waals surface area contributed by atoms with E-state index in [9.17, 15) is 4.79 Å². The van der Waals surface area contributed by atoms with Crippen molar-refractivity contribution < 1.29 is 9.53 Å². The lowest BCUT2D eigenvalue weighted by molar-refractivity contribution is -0.117. The lowest BCUT2D eigenvalue weighted by atomic mass is 9.94. The number of nitriles is 1. The number of nitrogens with one attached hydrogen (secondary N) is 1. The molecule has 0 saturated heterocycles. The Kier molecular flexibility index (Phi) is 4.59. The summed E-state index contributed by atoms with van der Waals surface area (Å²) in [5.74, 6) is 0.486. The number of hydrogen-bond acceptors (Lipinski definition) is 4. The normalized spacial score (nSPS) is 16.4. The fourth-order valence-corrected chi connectivity index (χ4v) is 2.56. The van der Waals surface area contributed by atoms with Crippen LogP contribution in [0.2, 0.25) is 0 Å². The van der Waals surface area contributed by atoms with E-state index in [0.29, 0.717) is 17.9 Å². The van der Waals surface area contributed by atoms with Gasteiger partial charge in [0.15, 0.2) is 6.61 Å². The van der Waals surface area contributed by atoms with Crippen LogP contribution in [0.3, 0.4) is 0 Å². The summed E-state index contributed by atoms with van der Waals surface area (Å²) in [7, 11) is 0. The van der Waals surface area contributed by atoms with E-state index in [4.69, 9.17) is 15.7 Å². The molecule has 1 saturated carbocycles. The van der Waals surface area contributed by atoms with Crippen LogP contribution >= 0.6 is 0 Å². The van der Waals surface area contributed by atoms with Gasteiger partial charge in [-0.05, 0) is 25.0 Å². The van der Waals surface area contributed by atoms with Gasteiger partial charge in [-0.1, -0.05) is 18.9 Å². The van der Waals surface area contributed by atoms with Gasteiger partial charge in [-0.2, -0.15) is 5.26 Å². The molecule has 1 aromatic carbocycles. The molecule has 0 bridgehead atoms. The highest BCUT2D eigenvalue weighted by atomic mass is 16.5. The molecule has 1 aliphatic carbocycles. The summed E-state index contributed by atoms with van der Waals surface area (Å²) in [5, 5.41) is 11.3. The number of carbonyl (C=O) groups excluding carboxylic acids is 1. The molecular formula is C15H19N3O2. The first-order valence-corrected chi connectivity index (χ1v) is 6.80. The number of nitrogens with two attached hydrogens (primary N) is 1. The van der Waals surface area contributed by atoms with Crippen molar-refractivity contribution in [2.75, 3.05) is 11.9 Å². The second-order valence-electron chi connectivity index (χ2n) is 5.27. The molecule has 0 unspecified atom stereocenters. The maximum atomic E-state index is 12.0. The van der Waals surface area contributed by atoms with Gasteiger partial charge in [-0.3, -0.25) is 4.79 Å². The minimum Gasteiger partial charge on any atom is -0.479 e. The van der Waals surface area contributed by atoms with E-state index in [1.165, 1.54) is 0 Å². The molecule has 0 heterocycles. The molecule has 106 valence electrons. The van der Waals surface area contributed by atoms with E-state index in [1.807, 2.05) is 6.07 Å². The second-order valence-corrected chi connectivity index (χ2v) is 5.27. The van der Waals surface area contributed by atoms with Crippen molar-refractivity contribution in [3.05, 3.63) is 24.3 Å². The number of carbonyl (C=O) groups is 1. The Labute approximate surface area is 118 Å². The number of amides is 1. The highest BCUT2D eigenvalue weighted by Crippen LogP contribution is 2.30. The molecule has 1 amide bonds. The molecule has 3 N–H and O–H groups in total. The lowest BCUT2D eigenvalue weighted by Crippen LogP contribution is -2.40. The fourth-order valence-electron chi connectivity index (χ4n) is 2.56. The SMILES string of the molecule is N#CCOc1cccc(NC(=O)CC2(N)CCCC2)c1. The van der Waals surface area contributed by atoms with Gasteiger partial charge in [0.2, 0.25) is 5.91 Å². The zero-order valence-corrected chi connectivity index (χ0v) is 11.4. The number of rotatable bonds is 5. The Balaban J connectivity index is 1.92. The molecule has 0 spiro atoms. The first kappa shape index (κ1) is 14.4. The molecule has 0 atom stereocenters. The maximum absolute atomic E-state index is 12.0. The fraction of sp³-hybridized carbons (Fsp3) is 0.467. The summed E-state index contributed by atoms with van der Waals surface area (Å²) in [6.45, 7) is -0.0106. The van der Waals surface area contributed by atoms with Crippen molar-refractivity contribution in [2.24, 2.45) is 5.73 Å². The van der Waals surface area contributed by atoms with Gasteiger partial charge in [0.25, 0.3) is 0 Å². The van der Waals surface area contributed by atoms with Crippen LogP contribution in [0.15, 0.2) is 24.3 Å². The van der Waals surface area contributed by atoms with E-state index >= 15 is 0 Å². The predicted molar refractivity (Wildman–Crippen MR) is 76.2 cm³/mol. The Hall–Kier alpha value is -2.06. The molecule has 1 aromatic rings. The molecule has 5 nitrogen and oxygen atoms in total. The zero-order chi connectivity index (χ0) is 14.4. The van der Waals surface area contributed by atoms with Gasteiger partial charge in [0.1, 0.15) is 11.8 Å². The first-order valence-electron chi connectivity index (χ1n) is 6.80. The van der Waals surface area contributed by atoms with Gasteiger partial charge in [-0.15, -0.1) is 0 Å². The molecule has 20 heavy (non-hydrogen) atoms. The topological polar surface area (TPSA) is 88.1 Å². The van der Waals surface area contributed by atoms with Crippen LogP contribution in [-0.4, -0.2) is 18.1 Å². The molecule has 1 aliphatic rings. The number of nitrogens with zero attached hydrogens (tertiary/aromatic N) is 1. The Morgan fingerprint density at radius 1 is 1.45 bits per heavy atom. The van der Waals surface area contributed by atoms with E-state index in [1.54, 1.807) is 24.3 Å². The summed E-state index contributed by atoms with van der Waals surface area (Å²) in [6.07, 6.45) is 4.36. The minimum absolute atomic E-state index is 0.0106. The highest BCUT2D eigenvalue weighted by Gasteiger charge is 2.31. The lowest BCUT2D eigenvalue weighted by Gasteiger charge is -2.22. The summed E-state index contributed by atoms with van der Waals surface area (Å²) >= 11 is 0. The van der Waals surface area contributed by atoms with Crippen molar-refractivity contribution in [3.8, 4) is 11.8 Å². The number of ether oxygens (including phenoxy) is 1. The zero-order valence-electron chi connectivity index (χ0n) is 11.4. The summed E-state index contributed by atoms with van der Waals surface area (Å²) < 4.78 is 5.19. The van der Waals surface area contributed by atoms with Crippen LogP contribution in [0.1, 0.15) is 32.1 Å². The van der Waals surface area contributed by atoms with Crippen molar-refractivity contribution >= 4 is 11.6 Å². The number of benzene rings is 1. The van der Waals surface area contributed by atoms with Crippen molar-refractivity contribution in [3.63, 3.8) is 0 Å².